The summed E-state index contributed by atoms with van der Waals surface area (Å²) in [6.45, 7) is 8.19. The summed E-state index contributed by atoms with van der Waals surface area (Å²) in [5, 5.41) is 12.1. The van der Waals surface area contributed by atoms with Crippen LogP contribution in [-0.4, -0.2) is 24.3 Å². The number of aliphatic hydroxyl groups excluding tert-OH is 1. The summed E-state index contributed by atoms with van der Waals surface area (Å²) in [6.07, 6.45) is 4.50. The van der Waals surface area contributed by atoms with Crippen molar-refractivity contribution < 1.29 is 5.11 Å². The largest absolute Gasteiger partial charge is 0.396 e. The Balaban J connectivity index is 3.21. The maximum atomic E-state index is 8.58. The van der Waals surface area contributed by atoms with Crippen molar-refractivity contribution >= 4 is 0 Å². The van der Waals surface area contributed by atoms with Crippen LogP contribution in [0, 0.1) is 5.92 Å². The monoisotopic (exact) mass is 187 g/mol. The summed E-state index contributed by atoms with van der Waals surface area (Å²) in [4.78, 5) is 0. The van der Waals surface area contributed by atoms with E-state index in [0.29, 0.717) is 12.6 Å². The van der Waals surface area contributed by atoms with Gasteiger partial charge in [-0.05, 0) is 38.6 Å². The predicted molar refractivity (Wildman–Crippen MR) is 57.9 cm³/mol. The van der Waals surface area contributed by atoms with Crippen LogP contribution in [0.2, 0.25) is 0 Å². The van der Waals surface area contributed by atoms with Crippen LogP contribution in [0.5, 0.6) is 0 Å². The fourth-order valence-electron chi connectivity index (χ4n) is 1.30. The molecule has 0 heterocycles. The quantitative estimate of drug-likeness (QED) is 0.571. The molecule has 0 bridgehead atoms. The molecule has 0 radical (unpaired) electrons. The van der Waals surface area contributed by atoms with Crippen LogP contribution >= 0.6 is 0 Å². The molecule has 0 saturated heterocycles. The van der Waals surface area contributed by atoms with E-state index < -0.39 is 0 Å². The minimum atomic E-state index is 0.334. The molecule has 0 spiro atoms. The van der Waals surface area contributed by atoms with Gasteiger partial charge in [0, 0.05) is 12.6 Å². The van der Waals surface area contributed by atoms with Gasteiger partial charge in [0.1, 0.15) is 0 Å². The number of hydrogen-bond acceptors (Lipinski definition) is 2. The highest BCUT2D eigenvalue weighted by Gasteiger charge is 2.07. The molecule has 0 aromatic heterocycles. The van der Waals surface area contributed by atoms with Gasteiger partial charge in [0.25, 0.3) is 0 Å². The van der Waals surface area contributed by atoms with Crippen molar-refractivity contribution in [3.05, 3.63) is 0 Å². The standard InChI is InChI=1S/C11H25NO/c1-4-10(2)11(3)12-8-6-5-7-9-13/h10-13H,4-9H2,1-3H3. The van der Waals surface area contributed by atoms with E-state index in [9.17, 15) is 0 Å². The maximum Gasteiger partial charge on any atom is 0.0431 e. The topological polar surface area (TPSA) is 32.3 Å². The van der Waals surface area contributed by atoms with Crippen molar-refractivity contribution in [3.8, 4) is 0 Å². The zero-order valence-corrected chi connectivity index (χ0v) is 9.34. The summed E-state index contributed by atoms with van der Waals surface area (Å²) in [6, 6.07) is 0.624. The zero-order chi connectivity index (χ0) is 10.1. The fraction of sp³-hybridized carbons (Fsp3) is 1.00. The summed E-state index contributed by atoms with van der Waals surface area (Å²) in [7, 11) is 0. The van der Waals surface area contributed by atoms with Crippen molar-refractivity contribution in [2.24, 2.45) is 5.92 Å². The van der Waals surface area contributed by atoms with Gasteiger partial charge in [-0.2, -0.15) is 0 Å². The summed E-state index contributed by atoms with van der Waals surface area (Å²) in [5.41, 5.74) is 0. The van der Waals surface area contributed by atoms with Gasteiger partial charge in [0.05, 0.1) is 0 Å². The normalized spacial score (nSPS) is 15.7. The van der Waals surface area contributed by atoms with Crippen molar-refractivity contribution in [2.45, 2.75) is 52.5 Å². The lowest BCUT2D eigenvalue weighted by Crippen LogP contribution is -2.32. The lowest BCUT2D eigenvalue weighted by molar-refractivity contribution is 0.281. The van der Waals surface area contributed by atoms with Gasteiger partial charge in [-0.25, -0.2) is 0 Å². The Morgan fingerprint density at radius 2 is 1.85 bits per heavy atom. The summed E-state index contributed by atoms with van der Waals surface area (Å²) in [5.74, 6) is 0.762. The van der Waals surface area contributed by atoms with Crippen molar-refractivity contribution in [3.63, 3.8) is 0 Å². The Hall–Kier alpha value is -0.0800. The molecule has 0 saturated carbocycles. The van der Waals surface area contributed by atoms with Gasteiger partial charge >= 0.3 is 0 Å². The molecule has 13 heavy (non-hydrogen) atoms. The second kappa shape index (κ2) is 8.52. The van der Waals surface area contributed by atoms with Crippen LogP contribution in [0.4, 0.5) is 0 Å². The van der Waals surface area contributed by atoms with Gasteiger partial charge < -0.3 is 10.4 Å². The van der Waals surface area contributed by atoms with E-state index >= 15 is 0 Å². The van der Waals surface area contributed by atoms with Crippen LogP contribution in [0.15, 0.2) is 0 Å². The Kier molecular flexibility index (Phi) is 8.46. The molecule has 2 heteroatoms. The Labute approximate surface area is 82.7 Å². The Bertz CT molecular complexity index is 106. The lowest BCUT2D eigenvalue weighted by atomic mass is 10.0. The first-order chi connectivity index (χ1) is 6.22. The Morgan fingerprint density at radius 1 is 1.15 bits per heavy atom. The van der Waals surface area contributed by atoms with Gasteiger partial charge in [0.2, 0.25) is 0 Å². The highest BCUT2D eigenvalue weighted by molar-refractivity contribution is 4.66. The third-order valence-corrected chi connectivity index (χ3v) is 2.80. The first-order valence-corrected chi connectivity index (χ1v) is 5.56. The molecule has 0 aliphatic rings. The first kappa shape index (κ1) is 12.9. The second-order valence-electron chi connectivity index (χ2n) is 3.91. The maximum absolute atomic E-state index is 8.58. The minimum Gasteiger partial charge on any atom is -0.396 e. The van der Waals surface area contributed by atoms with E-state index in [2.05, 4.69) is 26.1 Å². The average molecular weight is 187 g/mol. The van der Waals surface area contributed by atoms with Crippen molar-refractivity contribution in [2.75, 3.05) is 13.2 Å². The zero-order valence-electron chi connectivity index (χ0n) is 9.34. The first-order valence-electron chi connectivity index (χ1n) is 5.56. The van der Waals surface area contributed by atoms with Crippen LogP contribution < -0.4 is 5.32 Å². The van der Waals surface area contributed by atoms with Crippen LogP contribution in [0.25, 0.3) is 0 Å². The molecule has 2 N–H and O–H groups in total. The summed E-state index contributed by atoms with van der Waals surface area (Å²) >= 11 is 0. The molecule has 0 fully saturated rings. The minimum absolute atomic E-state index is 0.334. The lowest BCUT2D eigenvalue weighted by Gasteiger charge is -2.19. The van der Waals surface area contributed by atoms with Crippen molar-refractivity contribution in [1.29, 1.82) is 0 Å². The fourth-order valence-corrected chi connectivity index (χ4v) is 1.30. The smallest absolute Gasteiger partial charge is 0.0431 e. The number of hydrogen-bond donors (Lipinski definition) is 2. The molecule has 0 rings (SSSR count). The molecule has 2 nitrogen and oxygen atoms in total. The molecule has 0 aliphatic carbocycles. The van der Waals surface area contributed by atoms with E-state index in [1.165, 1.54) is 12.8 Å². The molecule has 80 valence electrons. The Morgan fingerprint density at radius 3 is 2.38 bits per heavy atom. The van der Waals surface area contributed by atoms with E-state index in [1.807, 2.05) is 0 Å². The number of rotatable bonds is 8. The molecule has 0 aliphatic heterocycles. The van der Waals surface area contributed by atoms with Crippen LogP contribution in [0.3, 0.4) is 0 Å². The molecule has 0 aromatic rings. The predicted octanol–water partition coefficient (Wildman–Crippen LogP) is 2.17. The third kappa shape index (κ3) is 7.03. The number of nitrogens with one attached hydrogen (secondary N) is 1. The molecule has 0 amide bonds. The van der Waals surface area contributed by atoms with Gasteiger partial charge in [-0.15, -0.1) is 0 Å². The average Bonchev–Trinajstić information content (AvgIpc) is 2.16. The van der Waals surface area contributed by atoms with Crippen LogP contribution in [0.1, 0.15) is 46.5 Å². The molecular formula is C11H25NO. The summed E-state index contributed by atoms with van der Waals surface area (Å²) < 4.78 is 0. The van der Waals surface area contributed by atoms with E-state index in [0.717, 1.165) is 25.3 Å². The van der Waals surface area contributed by atoms with Crippen molar-refractivity contribution in [1.82, 2.24) is 5.32 Å². The van der Waals surface area contributed by atoms with Gasteiger partial charge in [-0.3, -0.25) is 0 Å². The van der Waals surface area contributed by atoms with E-state index in [-0.39, 0.29) is 0 Å². The molecule has 2 unspecified atom stereocenters. The highest BCUT2D eigenvalue weighted by Crippen LogP contribution is 2.06. The van der Waals surface area contributed by atoms with Gasteiger partial charge in [0.15, 0.2) is 0 Å². The van der Waals surface area contributed by atoms with Gasteiger partial charge in [-0.1, -0.05) is 20.3 Å². The van der Waals surface area contributed by atoms with E-state index in [4.69, 9.17) is 5.11 Å². The molecular weight excluding hydrogens is 162 g/mol. The number of aliphatic hydroxyl groups is 1. The SMILES string of the molecule is CCC(C)C(C)NCCCCCO. The highest BCUT2D eigenvalue weighted by atomic mass is 16.2. The van der Waals surface area contributed by atoms with Crippen LogP contribution in [-0.2, 0) is 0 Å². The second-order valence-corrected chi connectivity index (χ2v) is 3.91. The third-order valence-electron chi connectivity index (χ3n) is 2.80. The molecule has 0 aromatic carbocycles. The molecule has 2 atom stereocenters. The van der Waals surface area contributed by atoms with E-state index in [1.54, 1.807) is 0 Å². The number of unbranched alkanes of at least 4 members (excludes halogenated alkanes) is 2.